The molecule has 8 nitrogen and oxygen atoms in total. The van der Waals surface area contributed by atoms with Crippen LogP contribution in [0.25, 0.3) is 0 Å². The van der Waals surface area contributed by atoms with Gasteiger partial charge in [0, 0.05) is 11.2 Å². The fourth-order valence-electron chi connectivity index (χ4n) is 2.79. The minimum atomic E-state index is -0.575. The standard InChI is InChI=1S/C19H19ClN4O4/c1-3-28-19(27)13-10-24(9-12-6-4-5-7-14(12)20)23-17(13)22-11(2)16-15(25)8-21-18(16)26/h4-7,10,25H,3,8-9H2,1-2H3,(H,21,26). The van der Waals surface area contributed by atoms with Crippen molar-refractivity contribution in [3.05, 3.63) is 57.9 Å². The average Bonchev–Trinajstić information content (AvgIpc) is 3.20. The quantitative estimate of drug-likeness (QED) is 0.570. The molecule has 3 rings (SSSR count). The predicted octanol–water partition coefficient (Wildman–Crippen LogP) is 2.80. The van der Waals surface area contributed by atoms with Gasteiger partial charge in [0.05, 0.1) is 31.0 Å². The van der Waals surface area contributed by atoms with Crippen LogP contribution < -0.4 is 5.32 Å². The summed E-state index contributed by atoms with van der Waals surface area (Å²) in [6, 6.07) is 7.30. The van der Waals surface area contributed by atoms with Crippen LogP contribution in [0.4, 0.5) is 5.82 Å². The molecule has 1 amide bonds. The van der Waals surface area contributed by atoms with Gasteiger partial charge in [0.1, 0.15) is 11.3 Å². The van der Waals surface area contributed by atoms with Gasteiger partial charge in [-0.15, -0.1) is 0 Å². The van der Waals surface area contributed by atoms with Gasteiger partial charge in [0.2, 0.25) is 0 Å². The first kappa shape index (κ1) is 19.6. The van der Waals surface area contributed by atoms with Crippen molar-refractivity contribution in [1.29, 1.82) is 0 Å². The molecule has 0 fully saturated rings. The molecule has 0 atom stereocenters. The summed E-state index contributed by atoms with van der Waals surface area (Å²) in [4.78, 5) is 28.5. The lowest BCUT2D eigenvalue weighted by atomic mass is 10.1. The first-order chi connectivity index (χ1) is 13.4. The Kier molecular flexibility index (Phi) is 5.79. The summed E-state index contributed by atoms with van der Waals surface area (Å²) in [5, 5.41) is 17.3. The van der Waals surface area contributed by atoms with E-state index in [0.29, 0.717) is 11.6 Å². The summed E-state index contributed by atoms with van der Waals surface area (Å²) in [6.07, 6.45) is 1.52. The first-order valence-electron chi connectivity index (χ1n) is 8.64. The molecular formula is C19H19ClN4O4. The van der Waals surface area contributed by atoms with Crippen LogP contribution in [0.15, 0.2) is 46.8 Å². The average molecular weight is 403 g/mol. The van der Waals surface area contributed by atoms with Crippen LogP contribution in [-0.4, -0.2) is 45.6 Å². The van der Waals surface area contributed by atoms with Crippen LogP contribution in [0.3, 0.4) is 0 Å². The molecule has 0 saturated carbocycles. The van der Waals surface area contributed by atoms with Crippen LogP contribution in [0, 0.1) is 0 Å². The van der Waals surface area contributed by atoms with E-state index in [1.54, 1.807) is 19.9 Å². The molecule has 2 aromatic rings. The number of aliphatic hydroxyl groups is 1. The van der Waals surface area contributed by atoms with Gasteiger partial charge < -0.3 is 15.2 Å². The number of hydrogen-bond acceptors (Lipinski definition) is 6. The fourth-order valence-corrected chi connectivity index (χ4v) is 2.98. The Morgan fingerprint density at radius 1 is 1.43 bits per heavy atom. The molecule has 146 valence electrons. The zero-order chi connectivity index (χ0) is 20.3. The van der Waals surface area contributed by atoms with Gasteiger partial charge >= 0.3 is 5.97 Å². The zero-order valence-electron chi connectivity index (χ0n) is 15.4. The second kappa shape index (κ2) is 8.26. The molecule has 0 spiro atoms. The molecule has 2 heterocycles. The van der Waals surface area contributed by atoms with E-state index in [0.717, 1.165) is 5.56 Å². The highest BCUT2D eigenvalue weighted by Gasteiger charge is 2.26. The number of aliphatic hydroxyl groups excluding tert-OH is 1. The number of rotatable bonds is 6. The van der Waals surface area contributed by atoms with Gasteiger partial charge in [-0.2, -0.15) is 5.10 Å². The smallest absolute Gasteiger partial charge is 0.343 e. The molecule has 28 heavy (non-hydrogen) atoms. The van der Waals surface area contributed by atoms with Crippen molar-refractivity contribution in [2.24, 2.45) is 4.99 Å². The summed E-state index contributed by atoms with van der Waals surface area (Å²) in [6.45, 7) is 3.84. The van der Waals surface area contributed by atoms with Crippen molar-refractivity contribution in [2.75, 3.05) is 13.2 Å². The van der Waals surface area contributed by atoms with Crippen molar-refractivity contribution in [2.45, 2.75) is 20.4 Å². The lowest BCUT2D eigenvalue weighted by Crippen LogP contribution is -2.20. The summed E-state index contributed by atoms with van der Waals surface area (Å²) in [5.74, 6) is -0.997. The Morgan fingerprint density at radius 3 is 2.82 bits per heavy atom. The molecule has 1 aromatic heterocycles. The minimum absolute atomic E-state index is 0.0483. The third kappa shape index (κ3) is 4.07. The number of amides is 1. The van der Waals surface area contributed by atoms with E-state index in [9.17, 15) is 14.7 Å². The van der Waals surface area contributed by atoms with Crippen LogP contribution in [0.2, 0.25) is 5.02 Å². The van der Waals surface area contributed by atoms with E-state index < -0.39 is 11.9 Å². The van der Waals surface area contributed by atoms with E-state index >= 15 is 0 Å². The number of nitrogens with one attached hydrogen (secondary N) is 1. The number of ether oxygens (including phenoxy) is 1. The van der Waals surface area contributed by atoms with E-state index in [1.165, 1.54) is 10.9 Å². The van der Waals surface area contributed by atoms with Gasteiger partial charge in [-0.05, 0) is 25.5 Å². The number of halogens is 1. The zero-order valence-corrected chi connectivity index (χ0v) is 16.2. The number of hydrogen-bond donors (Lipinski definition) is 2. The Bertz CT molecular complexity index is 994. The summed E-state index contributed by atoms with van der Waals surface area (Å²) in [5.41, 5.74) is 1.31. The van der Waals surface area contributed by atoms with Crippen LogP contribution in [0.5, 0.6) is 0 Å². The van der Waals surface area contributed by atoms with Crippen LogP contribution >= 0.6 is 11.6 Å². The molecule has 1 aromatic carbocycles. The third-order valence-electron chi connectivity index (χ3n) is 4.10. The highest BCUT2D eigenvalue weighted by molar-refractivity contribution is 6.31. The number of aliphatic imine (C=N–C) groups is 1. The Hall–Kier alpha value is -3.13. The highest BCUT2D eigenvalue weighted by atomic mass is 35.5. The van der Waals surface area contributed by atoms with Crippen molar-refractivity contribution in [1.82, 2.24) is 15.1 Å². The Balaban J connectivity index is 1.99. The molecule has 2 N–H and O–H groups in total. The molecule has 0 saturated heterocycles. The lowest BCUT2D eigenvalue weighted by Gasteiger charge is -2.03. The van der Waals surface area contributed by atoms with Gasteiger partial charge in [-0.25, -0.2) is 9.79 Å². The number of nitrogens with zero attached hydrogens (tertiary/aromatic N) is 3. The number of benzene rings is 1. The fraction of sp³-hybridized carbons (Fsp3) is 0.263. The minimum Gasteiger partial charge on any atom is -0.510 e. The molecule has 0 bridgehead atoms. The van der Waals surface area contributed by atoms with Crippen molar-refractivity contribution >= 4 is 35.0 Å². The van der Waals surface area contributed by atoms with Crippen molar-refractivity contribution < 1.29 is 19.4 Å². The Labute approximate surface area is 166 Å². The monoisotopic (exact) mass is 402 g/mol. The second-order valence-corrected chi connectivity index (χ2v) is 6.48. The normalized spacial score (nSPS) is 14.4. The molecule has 1 aliphatic heterocycles. The van der Waals surface area contributed by atoms with Gasteiger partial charge in [-0.1, -0.05) is 29.8 Å². The van der Waals surface area contributed by atoms with Crippen molar-refractivity contribution in [3.63, 3.8) is 0 Å². The third-order valence-corrected chi connectivity index (χ3v) is 4.46. The maximum Gasteiger partial charge on any atom is 0.343 e. The number of carbonyl (C=O) groups is 2. The van der Waals surface area contributed by atoms with Gasteiger partial charge in [-0.3, -0.25) is 9.48 Å². The number of esters is 1. The first-order valence-corrected chi connectivity index (χ1v) is 9.02. The van der Waals surface area contributed by atoms with E-state index in [2.05, 4.69) is 15.4 Å². The predicted molar refractivity (Wildman–Crippen MR) is 104 cm³/mol. The molecule has 0 radical (unpaired) electrons. The van der Waals surface area contributed by atoms with Gasteiger partial charge in [0.15, 0.2) is 5.82 Å². The van der Waals surface area contributed by atoms with E-state index in [4.69, 9.17) is 16.3 Å². The van der Waals surface area contributed by atoms with Crippen LogP contribution in [0.1, 0.15) is 29.8 Å². The van der Waals surface area contributed by atoms with E-state index in [1.807, 2.05) is 18.2 Å². The molecular weight excluding hydrogens is 384 g/mol. The molecule has 1 aliphatic rings. The summed E-state index contributed by atoms with van der Waals surface area (Å²) in [7, 11) is 0. The largest absolute Gasteiger partial charge is 0.510 e. The molecule has 0 unspecified atom stereocenters. The summed E-state index contributed by atoms with van der Waals surface area (Å²) >= 11 is 6.20. The SMILES string of the molecule is CCOC(=O)c1cn(Cc2ccccc2Cl)nc1N=C(C)C1=C(O)CNC1=O. The lowest BCUT2D eigenvalue weighted by molar-refractivity contribution is -0.116. The number of carbonyl (C=O) groups excluding carboxylic acids is 2. The topological polar surface area (TPSA) is 106 Å². The molecule has 0 aliphatic carbocycles. The Morgan fingerprint density at radius 2 is 2.18 bits per heavy atom. The van der Waals surface area contributed by atoms with Crippen molar-refractivity contribution in [3.8, 4) is 0 Å². The molecule has 9 heteroatoms. The van der Waals surface area contributed by atoms with Gasteiger partial charge in [0.25, 0.3) is 5.91 Å². The van der Waals surface area contributed by atoms with E-state index in [-0.39, 0.29) is 41.6 Å². The highest BCUT2D eigenvalue weighted by Crippen LogP contribution is 2.23. The summed E-state index contributed by atoms with van der Waals surface area (Å²) < 4.78 is 6.61. The maximum absolute atomic E-state index is 12.3. The second-order valence-electron chi connectivity index (χ2n) is 6.08. The van der Waals surface area contributed by atoms with Crippen LogP contribution in [-0.2, 0) is 16.1 Å². The number of aromatic nitrogens is 2. The maximum atomic E-state index is 12.3.